The molecule has 2 atom stereocenters. The lowest BCUT2D eigenvalue weighted by molar-refractivity contribution is -0.128. The molecule has 1 fully saturated rings. The van der Waals surface area contributed by atoms with E-state index in [-0.39, 0.29) is 35.5 Å². The van der Waals surface area contributed by atoms with Gasteiger partial charge in [0.15, 0.2) is 0 Å². The number of carbonyl (C=O) groups is 2. The predicted molar refractivity (Wildman–Crippen MR) is 109 cm³/mol. The van der Waals surface area contributed by atoms with Crippen molar-refractivity contribution in [3.8, 4) is 0 Å². The Morgan fingerprint density at radius 1 is 1.19 bits per heavy atom. The van der Waals surface area contributed by atoms with Gasteiger partial charge in [0, 0.05) is 16.4 Å². The molecule has 1 aliphatic heterocycles. The molecular weight excluding hydrogens is 413 g/mol. The van der Waals surface area contributed by atoms with Gasteiger partial charge in [0.1, 0.15) is 5.82 Å². The van der Waals surface area contributed by atoms with Gasteiger partial charge in [-0.05, 0) is 63.9 Å². The highest BCUT2D eigenvalue weighted by molar-refractivity contribution is 9.10. The molecule has 7 heteroatoms. The summed E-state index contributed by atoms with van der Waals surface area (Å²) in [6.07, 6.45) is 1.45. The van der Waals surface area contributed by atoms with Crippen molar-refractivity contribution in [1.29, 1.82) is 0 Å². The summed E-state index contributed by atoms with van der Waals surface area (Å²) in [6.45, 7) is 9.35. The van der Waals surface area contributed by atoms with Gasteiger partial charge in [-0.15, -0.1) is 0 Å². The van der Waals surface area contributed by atoms with Crippen LogP contribution in [0.5, 0.6) is 0 Å². The third kappa shape index (κ3) is 6.01. The minimum Gasteiger partial charge on any atom is -0.353 e. The monoisotopic (exact) mass is 441 g/mol. The fourth-order valence-corrected chi connectivity index (χ4v) is 3.38. The van der Waals surface area contributed by atoms with Crippen LogP contribution < -0.4 is 10.6 Å². The fourth-order valence-electron chi connectivity index (χ4n) is 3.05. The van der Waals surface area contributed by atoms with Gasteiger partial charge in [0.25, 0.3) is 0 Å². The maximum Gasteiger partial charge on any atom is 0.241 e. The van der Waals surface area contributed by atoms with E-state index in [4.69, 9.17) is 0 Å². The number of nitrogens with one attached hydrogen (secondary N) is 2. The SMILES string of the molecule is CC(C)C(C)NC(=O)C1CCN(C(C)C(=O)Nc2ccc(Br)cc2F)CC1. The Morgan fingerprint density at radius 3 is 2.37 bits per heavy atom. The molecule has 0 aromatic heterocycles. The lowest BCUT2D eigenvalue weighted by Gasteiger charge is -2.35. The Hall–Kier alpha value is -1.47. The van der Waals surface area contributed by atoms with Crippen molar-refractivity contribution in [3.05, 3.63) is 28.5 Å². The van der Waals surface area contributed by atoms with Crippen LogP contribution in [-0.4, -0.2) is 41.9 Å². The number of piperidine rings is 1. The molecule has 5 nitrogen and oxygen atoms in total. The van der Waals surface area contributed by atoms with Crippen molar-refractivity contribution in [1.82, 2.24) is 10.2 Å². The summed E-state index contributed by atoms with van der Waals surface area (Å²) in [4.78, 5) is 26.9. The fraction of sp³-hybridized carbons (Fsp3) is 0.600. The second-order valence-corrected chi connectivity index (χ2v) is 8.56. The molecule has 27 heavy (non-hydrogen) atoms. The van der Waals surface area contributed by atoms with Crippen LogP contribution in [0.25, 0.3) is 0 Å². The normalized spacial score (nSPS) is 18.2. The molecule has 2 unspecified atom stereocenters. The largest absolute Gasteiger partial charge is 0.353 e. The number of nitrogens with zero attached hydrogens (tertiary/aromatic N) is 1. The second-order valence-electron chi connectivity index (χ2n) is 7.64. The number of rotatable bonds is 6. The van der Waals surface area contributed by atoms with Gasteiger partial charge in [-0.1, -0.05) is 29.8 Å². The van der Waals surface area contributed by atoms with Gasteiger partial charge in [-0.2, -0.15) is 0 Å². The predicted octanol–water partition coefficient (Wildman–Crippen LogP) is 3.79. The Morgan fingerprint density at radius 2 is 1.81 bits per heavy atom. The molecule has 150 valence electrons. The molecule has 2 amide bonds. The summed E-state index contributed by atoms with van der Waals surface area (Å²) in [6, 6.07) is 4.32. The van der Waals surface area contributed by atoms with Crippen LogP contribution in [0.15, 0.2) is 22.7 Å². The molecule has 0 bridgehead atoms. The van der Waals surface area contributed by atoms with E-state index in [9.17, 15) is 14.0 Å². The van der Waals surface area contributed by atoms with Crippen LogP contribution in [-0.2, 0) is 9.59 Å². The molecule has 2 rings (SSSR count). The zero-order chi connectivity index (χ0) is 20.1. The molecule has 0 aliphatic carbocycles. The molecule has 0 spiro atoms. The number of hydrogen-bond acceptors (Lipinski definition) is 3. The highest BCUT2D eigenvalue weighted by Gasteiger charge is 2.30. The summed E-state index contributed by atoms with van der Waals surface area (Å²) >= 11 is 3.20. The maximum absolute atomic E-state index is 13.9. The summed E-state index contributed by atoms with van der Waals surface area (Å²) in [5.74, 6) is -0.226. The van der Waals surface area contributed by atoms with Crippen LogP contribution in [0.2, 0.25) is 0 Å². The zero-order valence-corrected chi connectivity index (χ0v) is 18.0. The second kappa shape index (κ2) is 9.64. The van der Waals surface area contributed by atoms with E-state index < -0.39 is 5.82 Å². The standard InChI is InChI=1S/C20H29BrFN3O2/c1-12(2)13(3)23-20(27)15-7-9-25(10-8-15)14(4)19(26)24-18-6-5-16(21)11-17(18)22/h5-6,11-15H,7-10H2,1-4H3,(H,23,27)(H,24,26). The highest BCUT2D eigenvalue weighted by Crippen LogP contribution is 2.22. The van der Waals surface area contributed by atoms with E-state index in [0.717, 1.165) is 12.8 Å². The van der Waals surface area contributed by atoms with Crippen molar-refractivity contribution in [2.75, 3.05) is 18.4 Å². The third-order valence-corrected chi connectivity index (χ3v) is 5.88. The van der Waals surface area contributed by atoms with Gasteiger partial charge in [-0.25, -0.2) is 4.39 Å². The van der Waals surface area contributed by atoms with Crippen LogP contribution in [0.1, 0.15) is 40.5 Å². The first kappa shape index (κ1) is 21.8. The maximum atomic E-state index is 13.9. The highest BCUT2D eigenvalue weighted by atomic mass is 79.9. The molecule has 1 aliphatic rings. The number of halogens is 2. The van der Waals surface area contributed by atoms with E-state index in [1.165, 1.54) is 12.1 Å². The topological polar surface area (TPSA) is 61.4 Å². The molecule has 1 aromatic rings. The number of hydrogen-bond donors (Lipinski definition) is 2. The molecule has 1 aromatic carbocycles. The molecule has 2 N–H and O–H groups in total. The van der Waals surface area contributed by atoms with Crippen molar-refractivity contribution in [2.24, 2.45) is 11.8 Å². The number of likely N-dealkylation sites (tertiary alicyclic amines) is 1. The number of amides is 2. The van der Waals surface area contributed by atoms with Gasteiger partial charge in [0.05, 0.1) is 11.7 Å². The first-order chi connectivity index (χ1) is 12.7. The lowest BCUT2D eigenvalue weighted by atomic mass is 9.94. The molecule has 0 radical (unpaired) electrons. The smallest absolute Gasteiger partial charge is 0.241 e. The minimum atomic E-state index is -0.473. The molecule has 0 saturated carbocycles. The summed E-state index contributed by atoms with van der Waals surface area (Å²) < 4.78 is 14.5. The van der Waals surface area contributed by atoms with Crippen LogP contribution in [0.4, 0.5) is 10.1 Å². The quantitative estimate of drug-likeness (QED) is 0.705. The Labute approximate surface area is 169 Å². The Bertz CT molecular complexity index is 675. The first-order valence-electron chi connectivity index (χ1n) is 9.49. The Kier molecular flexibility index (Phi) is 7.79. The first-order valence-corrected chi connectivity index (χ1v) is 10.3. The summed E-state index contributed by atoms with van der Waals surface area (Å²) in [7, 11) is 0. The van der Waals surface area contributed by atoms with Gasteiger partial charge < -0.3 is 10.6 Å². The van der Waals surface area contributed by atoms with E-state index in [0.29, 0.717) is 23.5 Å². The zero-order valence-electron chi connectivity index (χ0n) is 16.4. The van der Waals surface area contributed by atoms with Crippen molar-refractivity contribution in [2.45, 2.75) is 52.6 Å². The van der Waals surface area contributed by atoms with Crippen LogP contribution >= 0.6 is 15.9 Å². The van der Waals surface area contributed by atoms with Crippen molar-refractivity contribution in [3.63, 3.8) is 0 Å². The molecule has 1 saturated heterocycles. The van der Waals surface area contributed by atoms with Gasteiger partial charge in [0.2, 0.25) is 11.8 Å². The van der Waals surface area contributed by atoms with Crippen LogP contribution in [0.3, 0.4) is 0 Å². The van der Waals surface area contributed by atoms with Crippen LogP contribution in [0, 0.1) is 17.7 Å². The third-order valence-electron chi connectivity index (χ3n) is 5.39. The number of benzene rings is 1. The lowest BCUT2D eigenvalue weighted by Crippen LogP contribution is -2.49. The minimum absolute atomic E-state index is 0.0124. The van der Waals surface area contributed by atoms with Gasteiger partial charge >= 0.3 is 0 Å². The average Bonchev–Trinajstić information content (AvgIpc) is 2.63. The van der Waals surface area contributed by atoms with Gasteiger partial charge in [-0.3, -0.25) is 14.5 Å². The van der Waals surface area contributed by atoms with E-state index in [1.807, 2.05) is 18.7 Å². The number of anilines is 1. The summed E-state index contributed by atoms with van der Waals surface area (Å²) in [5.41, 5.74) is 0.173. The average molecular weight is 442 g/mol. The number of carbonyl (C=O) groups excluding carboxylic acids is 2. The van der Waals surface area contributed by atoms with Crippen molar-refractivity contribution < 1.29 is 14.0 Å². The van der Waals surface area contributed by atoms with E-state index in [1.54, 1.807) is 6.07 Å². The van der Waals surface area contributed by atoms with Crippen molar-refractivity contribution >= 4 is 33.4 Å². The van der Waals surface area contributed by atoms with E-state index in [2.05, 4.69) is 40.4 Å². The molecular formula is C20H29BrFN3O2. The van der Waals surface area contributed by atoms with E-state index >= 15 is 0 Å². The Balaban J connectivity index is 1.85. The molecule has 1 heterocycles. The summed E-state index contributed by atoms with van der Waals surface area (Å²) in [5, 5.41) is 5.73.